The third kappa shape index (κ3) is 3.92. The second-order valence-electron chi connectivity index (χ2n) is 4.83. The predicted molar refractivity (Wildman–Crippen MR) is 70.8 cm³/mol. The molecule has 0 saturated carbocycles. The third-order valence-corrected chi connectivity index (χ3v) is 4.01. The Hall–Kier alpha value is -1.19. The van der Waals surface area contributed by atoms with E-state index in [1.165, 1.54) is 4.90 Å². The van der Waals surface area contributed by atoms with Gasteiger partial charge in [-0.3, -0.25) is 4.79 Å². The highest BCUT2D eigenvalue weighted by atomic mass is 32.1. The van der Waals surface area contributed by atoms with E-state index in [4.69, 9.17) is 4.74 Å². The molecule has 1 aromatic heterocycles. The minimum absolute atomic E-state index is 0.0461. The van der Waals surface area contributed by atoms with Crippen molar-refractivity contribution in [2.75, 3.05) is 20.2 Å². The summed E-state index contributed by atoms with van der Waals surface area (Å²) in [6.07, 6.45) is -4.72. The molecular formula is C12H16F3N3O2S. The molecule has 1 aliphatic heterocycles. The summed E-state index contributed by atoms with van der Waals surface area (Å²) in [6, 6.07) is -0.481. The Bertz CT molecular complexity index is 506. The number of rotatable bonds is 3. The molecule has 0 radical (unpaired) electrons. The van der Waals surface area contributed by atoms with Crippen molar-refractivity contribution < 1.29 is 22.7 Å². The van der Waals surface area contributed by atoms with Crippen molar-refractivity contribution in [3.8, 4) is 0 Å². The van der Waals surface area contributed by atoms with Crippen molar-refractivity contribution in [2.24, 2.45) is 0 Å². The van der Waals surface area contributed by atoms with Crippen molar-refractivity contribution in [1.29, 1.82) is 0 Å². The Balaban J connectivity index is 1.99. The largest absolute Gasteiger partial charge is 0.434 e. The highest BCUT2D eigenvalue weighted by molar-refractivity contribution is 7.09. The first-order chi connectivity index (χ1) is 9.79. The van der Waals surface area contributed by atoms with Crippen LogP contribution < -0.4 is 5.32 Å². The maximum absolute atomic E-state index is 12.5. The van der Waals surface area contributed by atoms with Gasteiger partial charge < -0.3 is 15.0 Å². The van der Waals surface area contributed by atoms with Crippen LogP contribution >= 0.6 is 11.3 Å². The van der Waals surface area contributed by atoms with E-state index in [1.807, 2.05) is 0 Å². The fourth-order valence-electron chi connectivity index (χ4n) is 2.04. The van der Waals surface area contributed by atoms with Crippen molar-refractivity contribution in [3.63, 3.8) is 0 Å². The second-order valence-corrected chi connectivity index (χ2v) is 5.77. The van der Waals surface area contributed by atoms with Crippen molar-refractivity contribution >= 4 is 17.2 Å². The normalized spacial score (nSPS) is 23.1. The molecule has 0 aromatic carbocycles. The summed E-state index contributed by atoms with van der Waals surface area (Å²) in [4.78, 5) is 17.1. The minimum Gasteiger partial charge on any atom is -0.375 e. The first-order valence-corrected chi connectivity index (χ1v) is 7.28. The van der Waals surface area contributed by atoms with E-state index in [2.05, 4.69) is 10.3 Å². The van der Waals surface area contributed by atoms with E-state index in [-0.39, 0.29) is 23.6 Å². The molecule has 2 rings (SSSR count). The Kier molecular flexibility index (Phi) is 4.84. The Morgan fingerprint density at radius 3 is 2.90 bits per heavy atom. The number of carbonyl (C=O) groups excluding carboxylic acids is 1. The van der Waals surface area contributed by atoms with Crippen molar-refractivity contribution in [2.45, 2.75) is 31.8 Å². The Labute approximate surface area is 124 Å². The van der Waals surface area contributed by atoms with Crippen LogP contribution in [-0.4, -0.2) is 48.1 Å². The van der Waals surface area contributed by atoms with Crippen molar-refractivity contribution in [3.05, 3.63) is 16.1 Å². The fourth-order valence-corrected chi connectivity index (χ4v) is 2.89. The zero-order valence-electron chi connectivity index (χ0n) is 11.6. The zero-order chi connectivity index (χ0) is 15.6. The maximum atomic E-state index is 12.5. The summed E-state index contributed by atoms with van der Waals surface area (Å²) in [5, 5.41) is 4.26. The molecule has 21 heavy (non-hydrogen) atoms. The minimum atomic E-state index is -4.45. The number of ether oxygens (including phenoxy) is 1. The second kappa shape index (κ2) is 6.29. The lowest BCUT2D eigenvalue weighted by Crippen LogP contribution is -2.55. The molecular weight excluding hydrogens is 307 g/mol. The van der Waals surface area contributed by atoms with Gasteiger partial charge in [0.15, 0.2) is 5.69 Å². The zero-order valence-corrected chi connectivity index (χ0v) is 12.4. The number of aromatic nitrogens is 1. The third-order valence-electron chi connectivity index (χ3n) is 3.17. The molecule has 1 N–H and O–H groups in total. The van der Waals surface area contributed by atoms with Gasteiger partial charge in [0.2, 0.25) is 5.91 Å². The number of likely N-dealkylation sites (N-methyl/N-ethyl adjacent to an activating group) is 1. The fraction of sp³-hybridized carbons (Fsp3) is 0.667. The monoisotopic (exact) mass is 323 g/mol. The number of nitrogens with zero attached hydrogens (tertiary/aromatic N) is 2. The molecule has 0 aliphatic carbocycles. The topological polar surface area (TPSA) is 54.5 Å². The first-order valence-electron chi connectivity index (χ1n) is 6.40. The van der Waals surface area contributed by atoms with Crippen LogP contribution in [0.4, 0.5) is 13.2 Å². The van der Waals surface area contributed by atoms with Gasteiger partial charge in [-0.2, -0.15) is 13.2 Å². The summed E-state index contributed by atoms with van der Waals surface area (Å²) in [6.45, 7) is 2.94. The van der Waals surface area contributed by atoms with Crippen LogP contribution in [0.25, 0.3) is 0 Å². The predicted octanol–water partition coefficient (Wildman–Crippen LogP) is 1.50. The van der Waals surface area contributed by atoms with E-state index in [9.17, 15) is 18.0 Å². The number of hydrogen-bond acceptors (Lipinski definition) is 5. The number of hydrogen-bond donors (Lipinski definition) is 1. The van der Waals surface area contributed by atoms with Gasteiger partial charge in [0.05, 0.1) is 19.3 Å². The van der Waals surface area contributed by atoms with E-state index < -0.39 is 17.9 Å². The SMILES string of the molecule is C[C@H]1OCCN[C@@H]1C(=O)N(C)Cc1nc(C(F)(F)F)cs1. The number of carbonyl (C=O) groups is 1. The highest BCUT2D eigenvalue weighted by Gasteiger charge is 2.34. The number of amides is 1. The highest BCUT2D eigenvalue weighted by Crippen LogP contribution is 2.30. The average Bonchev–Trinajstić information content (AvgIpc) is 2.87. The van der Waals surface area contributed by atoms with Gasteiger partial charge in [0.1, 0.15) is 11.0 Å². The van der Waals surface area contributed by atoms with Crippen molar-refractivity contribution in [1.82, 2.24) is 15.2 Å². The molecule has 1 saturated heterocycles. The number of halogens is 3. The van der Waals surface area contributed by atoms with Crippen LogP contribution in [0.1, 0.15) is 17.6 Å². The van der Waals surface area contributed by atoms with Gasteiger partial charge in [-0.15, -0.1) is 11.3 Å². The summed E-state index contributed by atoms with van der Waals surface area (Å²) in [5.41, 5.74) is -0.921. The van der Waals surface area contributed by atoms with Crippen LogP contribution in [0.5, 0.6) is 0 Å². The molecule has 118 valence electrons. The van der Waals surface area contributed by atoms with Gasteiger partial charge >= 0.3 is 6.18 Å². The van der Waals surface area contributed by atoms with Gasteiger partial charge in [-0.05, 0) is 6.92 Å². The lowest BCUT2D eigenvalue weighted by atomic mass is 10.1. The summed E-state index contributed by atoms with van der Waals surface area (Å²) >= 11 is 0.893. The van der Waals surface area contributed by atoms with Crippen LogP contribution in [0.3, 0.4) is 0 Å². The number of morpholine rings is 1. The Morgan fingerprint density at radius 2 is 2.33 bits per heavy atom. The first kappa shape index (κ1) is 16.2. The molecule has 2 atom stereocenters. The van der Waals surface area contributed by atoms with E-state index in [1.54, 1.807) is 14.0 Å². The lowest BCUT2D eigenvalue weighted by Gasteiger charge is -2.32. The number of thiazole rings is 1. The molecule has 0 bridgehead atoms. The summed E-state index contributed by atoms with van der Waals surface area (Å²) < 4.78 is 42.8. The van der Waals surface area contributed by atoms with E-state index in [0.717, 1.165) is 16.7 Å². The van der Waals surface area contributed by atoms with Crippen LogP contribution in [0.2, 0.25) is 0 Å². The van der Waals surface area contributed by atoms with Gasteiger partial charge in [0, 0.05) is 19.0 Å². The van der Waals surface area contributed by atoms with Crippen LogP contribution in [-0.2, 0) is 22.3 Å². The smallest absolute Gasteiger partial charge is 0.375 e. The van der Waals surface area contributed by atoms with E-state index >= 15 is 0 Å². The van der Waals surface area contributed by atoms with Crippen LogP contribution in [0, 0.1) is 0 Å². The molecule has 1 aromatic rings. The maximum Gasteiger partial charge on any atom is 0.434 e. The Morgan fingerprint density at radius 1 is 1.62 bits per heavy atom. The van der Waals surface area contributed by atoms with Gasteiger partial charge in [-0.1, -0.05) is 0 Å². The van der Waals surface area contributed by atoms with Gasteiger partial charge in [-0.25, -0.2) is 4.98 Å². The number of nitrogens with one attached hydrogen (secondary N) is 1. The molecule has 9 heteroatoms. The average molecular weight is 323 g/mol. The molecule has 1 aliphatic rings. The summed E-state index contributed by atoms with van der Waals surface area (Å²) in [7, 11) is 1.54. The van der Waals surface area contributed by atoms with E-state index in [0.29, 0.717) is 13.2 Å². The molecule has 0 spiro atoms. The van der Waals surface area contributed by atoms with Gasteiger partial charge in [0.25, 0.3) is 0 Å². The molecule has 1 fully saturated rings. The molecule has 5 nitrogen and oxygen atoms in total. The molecule has 0 unspecified atom stereocenters. The quantitative estimate of drug-likeness (QED) is 0.916. The molecule has 1 amide bonds. The molecule has 2 heterocycles. The standard InChI is InChI=1S/C12H16F3N3O2S/c1-7-10(16-3-4-20-7)11(19)18(2)5-9-17-8(6-21-9)12(13,14)15/h6-7,10,16H,3-5H2,1-2H3/t7-,10+/m1/s1. The lowest BCUT2D eigenvalue weighted by molar-refractivity contribution is -0.140. The summed E-state index contributed by atoms with van der Waals surface area (Å²) in [5.74, 6) is -0.217. The number of alkyl halides is 3. The van der Waals surface area contributed by atoms with Crippen LogP contribution in [0.15, 0.2) is 5.38 Å².